The van der Waals surface area contributed by atoms with Crippen LogP contribution in [0.2, 0.25) is 5.02 Å². The van der Waals surface area contributed by atoms with E-state index in [0.717, 1.165) is 12.6 Å². The zero-order valence-corrected chi connectivity index (χ0v) is 13.1. The molecule has 118 valence electrons. The van der Waals surface area contributed by atoms with E-state index in [0.29, 0.717) is 18.2 Å². The van der Waals surface area contributed by atoms with Crippen LogP contribution in [0.4, 0.5) is 18.9 Å². The minimum absolute atomic E-state index is 0.117. The predicted molar refractivity (Wildman–Crippen MR) is 79.9 cm³/mol. The second kappa shape index (κ2) is 6.05. The van der Waals surface area contributed by atoms with Crippen LogP contribution in [0.15, 0.2) is 18.2 Å². The Morgan fingerprint density at radius 2 is 1.95 bits per heavy atom. The monoisotopic (exact) mass is 320 g/mol. The van der Waals surface area contributed by atoms with Crippen LogP contribution in [0.3, 0.4) is 0 Å². The Balaban J connectivity index is 2.33. The highest BCUT2D eigenvalue weighted by Gasteiger charge is 2.33. The Hall–Kier alpha value is -0.940. The van der Waals surface area contributed by atoms with Crippen molar-refractivity contribution in [1.29, 1.82) is 0 Å². The number of alkyl halides is 3. The van der Waals surface area contributed by atoms with Gasteiger partial charge in [0.25, 0.3) is 0 Å². The molecule has 1 fully saturated rings. The lowest BCUT2D eigenvalue weighted by atomic mass is 9.99. The first-order valence-corrected chi connectivity index (χ1v) is 7.44. The van der Waals surface area contributed by atoms with Gasteiger partial charge in [-0.05, 0) is 31.0 Å². The van der Waals surface area contributed by atoms with Crippen molar-refractivity contribution in [1.82, 2.24) is 5.32 Å². The largest absolute Gasteiger partial charge is 0.416 e. The molecule has 0 spiro atoms. The molecule has 0 aliphatic carbocycles. The number of halogens is 4. The standard InChI is InChI=1S/C15H20ClF3N2/c1-9(2)14-8-21(10(3)7-20-14)13-5-11(15(17,18)19)4-12(16)6-13/h4-6,9-10,14,20H,7-8H2,1-3H3. The summed E-state index contributed by atoms with van der Waals surface area (Å²) < 4.78 is 38.8. The van der Waals surface area contributed by atoms with Gasteiger partial charge in [0, 0.05) is 35.9 Å². The summed E-state index contributed by atoms with van der Waals surface area (Å²) >= 11 is 5.88. The number of hydrogen-bond acceptors (Lipinski definition) is 2. The zero-order valence-electron chi connectivity index (χ0n) is 12.3. The average molecular weight is 321 g/mol. The van der Waals surface area contributed by atoms with Crippen LogP contribution in [0.5, 0.6) is 0 Å². The third-order valence-electron chi connectivity index (χ3n) is 3.95. The first kappa shape index (κ1) is 16.4. The summed E-state index contributed by atoms with van der Waals surface area (Å²) in [6.07, 6.45) is -4.38. The van der Waals surface area contributed by atoms with Gasteiger partial charge in [-0.1, -0.05) is 25.4 Å². The van der Waals surface area contributed by atoms with E-state index in [9.17, 15) is 13.2 Å². The average Bonchev–Trinajstić information content (AvgIpc) is 2.37. The van der Waals surface area contributed by atoms with Gasteiger partial charge in [-0.25, -0.2) is 0 Å². The topological polar surface area (TPSA) is 15.3 Å². The normalized spacial score (nSPS) is 23.7. The van der Waals surface area contributed by atoms with E-state index in [2.05, 4.69) is 19.2 Å². The number of nitrogens with zero attached hydrogens (tertiary/aromatic N) is 1. The second-order valence-corrected chi connectivity index (χ2v) is 6.39. The molecule has 0 radical (unpaired) electrons. The highest BCUT2D eigenvalue weighted by molar-refractivity contribution is 6.31. The summed E-state index contributed by atoms with van der Waals surface area (Å²) in [4.78, 5) is 2.00. The smallest absolute Gasteiger partial charge is 0.366 e. The molecule has 2 unspecified atom stereocenters. The number of rotatable bonds is 2. The fourth-order valence-corrected chi connectivity index (χ4v) is 2.83. The van der Waals surface area contributed by atoms with E-state index in [-0.39, 0.29) is 17.1 Å². The molecule has 1 aliphatic heterocycles. The van der Waals surface area contributed by atoms with E-state index in [1.165, 1.54) is 6.07 Å². The minimum Gasteiger partial charge on any atom is -0.366 e. The molecule has 21 heavy (non-hydrogen) atoms. The lowest BCUT2D eigenvalue weighted by Crippen LogP contribution is -2.57. The molecule has 1 aromatic rings. The molecule has 0 saturated carbocycles. The Bertz CT molecular complexity index is 502. The van der Waals surface area contributed by atoms with Crippen LogP contribution in [-0.2, 0) is 6.18 Å². The number of hydrogen-bond donors (Lipinski definition) is 1. The number of anilines is 1. The predicted octanol–water partition coefficient (Wildman–Crippen LogP) is 4.18. The lowest BCUT2D eigenvalue weighted by molar-refractivity contribution is -0.137. The van der Waals surface area contributed by atoms with Gasteiger partial charge >= 0.3 is 6.18 Å². The molecule has 1 N–H and O–H groups in total. The molecule has 2 rings (SSSR count). The first-order valence-electron chi connectivity index (χ1n) is 7.06. The van der Waals surface area contributed by atoms with Crippen LogP contribution in [-0.4, -0.2) is 25.2 Å². The third kappa shape index (κ3) is 3.83. The van der Waals surface area contributed by atoms with Crippen molar-refractivity contribution in [2.45, 2.75) is 39.0 Å². The quantitative estimate of drug-likeness (QED) is 0.879. The number of nitrogens with one attached hydrogen (secondary N) is 1. The van der Waals surface area contributed by atoms with Crippen LogP contribution in [0.1, 0.15) is 26.3 Å². The van der Waals surface area contributed by atoms with Crippen molar-refractivity contribution in [3.63, 3.8) is 0 Å². The third-order valence-corrected chi connectivity index (χ3v) is 4.17. The van der Waals surface area contributed by atoms with Gasteiger partial charge in [-0.2, -0.15) is 13.2 Å². The van der Waals surface area contributed by atoms with Gasteiger partial charge in [-0.3, -0.25) is 0 Å². The molecular weight excluding hydrogens is 301 g/mol. The molecular formula is C15H20ClF3N2. The van der Waals surface area contributed by atoms with Gasteiger partial charge < -0.3 is 10.2 Å². The van der Waals surface area contributed by atoms with Crippen molar-refractivity contribution < 1.29 is 13.2 Å². The number of piperazine rings is 1. The van der Waals surface area contributed by atoms with E-state index < -0.39 is 11.7 Å². The molecule has 1 aliphatic rings. The highest BCUT2D eigenvalue weighted by Crippen LogP contribution is 2.35. The van der Waals surface area contributed by atoms with Crippen LogP contribution in [0, 0.1) is 5.92 Å². The fraction of sp³-hybridized carbons (Fsp3) is 0.600. The van der Waals surface area contributed by atoms with Crippen molar-refractivity contribution >= 4 is 17.3 Å². The molecule has 0 amide bonds. The molecule has 1 saturated heterocycles. The van der Waals surface area contributed by atoms with E-state index in [1.54, 1.807) is 6.07 Å². The summed E-state index contributed by atoms with van der Waals surface area (Å²) in [7, 11) is 0. The second-order valence-electron chi connectivity index (χ2n) is 5.96. The highest BCUT2D eigenvalue weighted by atomic mass is 35.5. The summed E-state index contributed by atoms with van der Waals surface area (Å²) in [5.41, 5.74) is -0.161. The molecule has 6 heteroatoms. The molecule has 2 nitrogen and oxygen atoms in total. The van der Waals surface area contributed by atoms with E-state index in [1.807, 2.05) is 11.8 Å². The molecule has 0 aromatic heterocycles. The van der Waals surface area contributed by atoms with Crippen LogP contribution < -0.4 is 10.2 Å². The van der Waals surface area contributed by atoms with Gasteiger partial charge in [0.15, 0.2) is 0 Å². The fourth-order valence-electron chi connectivity index (χ4n) is 2.60. The SMILES string of the molecule is CC(C)C1CN(c2cc(Cl)cc(C(F)(F)F)c2)C(C)CN1. The maximum Gasteiger partial charge on any atom is 0.416 e. The van der Waals surface area contributed by atoms with E-state index in [4.69, 9.17) is 11.6 Å². The summed E-state index contributed by atoms with van der Waals surface area (Å²) in [6.45, 7) is 7.63. The van der Waals surface area contributed by atoms with Gasteiger partial charge in [-0.15, -0.1) is 0 Å². The zero-order chi connectivity index (χ0) is 15.8. The lowest BCUT2D eigenvalue weighted by Gasteiger charge is -2.42. The Kier molecular flexibility index (Phi) is 4.73. The number of benzene rings is 1. The molecule has 1 heterocycles. The summed E-state index contributed by atoms with van der Waals surface area (Å²) in [6, 6.07) is 4.15. The van der Waals surface area contributed by atoms with Crippen LogP contribution in [0.25, 0.3) is 0 Å². The summed E-state index contributed by atoms with van der Waals surface area (Å²) in [5.74, 6) is 0.418. The van der Waals surface area contributed by atoms with Crippen molar-refractivity contribution in [2.24, 2.45) is 5.92 Å². The first-order chi connectivity index (χ1) is 9.68. The Morgan fingerprint density at radius 1 is 1.29 bits per heavy atom. The van der Waals surface area contributed by atoms with Crippen molar-refractivity contribution in [3.05, 3.63) is 28.8 Å². The van der Waals surface area contributed by atoms with Crippen molar-refractivity contribution in [3.8, 4) is 0 Å². The Labute approximate surface area is 128 Å². The van der Waals surface area contributed by atoms with Crippen LogP contribution >= 0.6 is 11.6 Å². The van der Waals surface area contributed by atoms with Gasteiger partial charge in [0.05, 0.1) is 5.56 Å². The van der Waals surface area contributed by atoms with E-state index >= 15 is 0 Å². The minimum atomic E-state index is -4.38. The molecule has 2 atom stereocenters. The Morgan fingerprint density at radius 3 is 2.52 bits per heavy atom. The van der Waals surface area contributed by atoms with Gasteiger partial charge in [0.1, 0.15) is 0 Å². The molecule has 1 aromatic carbocycles. The maximum absolute atomic E-state index is 12.9. The molecule has 0 bridgehead atoms. The maximum atomic E-state index is 12.9. The van der Waals surface area contributed by atoms with Gasteiger partial charge in [0.2, 0.25) is 0 Å². The van der Waals surface area contributed by atoms with Crippen molar-refractivity contribution in [2.75, 3.05) is 18.0 Å². The summed E-state index contributed by atoms with van der Waals surface area (Å²) in [5, 5.41) is 3.55.